The number of rotatable bonds is 6. The molecule has 0 atom stereocenters. The van der Waals surface area contributed by atoms with E-state index in [2.05, 4.69) is 15.6 Å². The van der Waals surface area contributed by atoms with Crippen LogP contribution in [-0.4, -0.2) is 35.9 Å². The van der Waals surface area contributed by atoms with Crippen molar-refractivity contribution in [3.05, 3.63) is 57.8 Å². The van der Waals surface area contributed by atoms with Gasteiger partial charge in [-0.2, -0.15) is 0 Å². The number of benzene rings is 1. The third-order valence-electron chi connectivity index (χ3n) is 3.11. The lowest BCUT2D eigenvalue weighted by Gasteiger charge is -2.09. The van der Waals surface area contributed by atoms with Crippen LogP contribution in [0.5, 0.6) is 0 Å². The number of aryl methyl sites for hydroxylation is 1. The van der Waals surface area contributed by atoms with Crippen LogP contribution < -0.4 is 10.6 Å². The van der Waals surface area contributed by atoms with Crippen molar-refractivity contribution in [2.24, 2.45) is 0 Å². The molecule has 0 aliphatic rings. The summed E-state index contributed by atoms with van der Waals surface area (Å²) in [6, 6.07) is 8.01. The highest BCUT2D eigenvalue weighted by Crippen LogP contribution is 2.22. The van der Waals surface area contributed by atoms with E-state index in [0.29, 0.717) is 15.7 Å². The zero-order valence-corrected chi connectivity index (χ0v) is 15.2. The predicted molar refractivity (Wildman–Crippen MR) is 97.4 cm³/mol. The van der Waals surface area contributed by atoms with Crippen LogP contribution in [0, 0.1) is 6.92 Å². The molecule has 0 saturated heterocycles. The Labute approximate surface area is 159 Å². The van der Waals surface area contributed by atoms with Gasteiger partial charge in [0.15, 0.2) is 6.61 Å². The smallest absolute Gasteiger partial charge is 0.325 e. The van der Waals surface area contributed by atoms with Gasteiger partial charge in [0, 0.05) is 11.2 Å². The molecule has 0 aliphatic carbocycles. The van der Waals surface area contributed by atoms with E-state index in [1.54, 1.807) is 18.2 Å². The average molecular weight is 396 g/mol. The number of halogens is 2. The molecule has 9 heteroatoms. The summed E-state index contributed by atoms with van der Waals surface area (Å²) in [5, 5.41) is 5.58. The topological polar surface area (TPSA) is 97.4 Å². The first-order valence-corrected chi connectivity index (χ1v) is 8.22. The molecule has 7 nitrogen and oxygen atoms in total. The third kappa shape index (κ3) is 6.02. The second kappa shape index (κ2) is 9.17. The molecule has 0 saturated carbocycles. The summed E-state index contributed by atoms with van der Waals surface area (Å²) >= 11 is 11.8. The first-order chi connectivity index (χ1) is 12.3. The molecule has 2 aromatic rings. The molecule has 0 radical (unpaired) electrons. The Bertz CT molecular complexity index is 843. The van der Waals surface area contributed by atoms with Crippen LogP contribution in [0.1, 0.15) is 16.1 Å². The summed E-state index contributed by atoms with van der Waals surface area (Å²) in [5.41, 5.74) is 1.43. The van der Waals surface area contributed by atoms with Crippen molar-refractivity contribution < 1.29 is 19.1 Å². The van der Waals surface area contributed by atoms with Gasteiger partial charge >= 0.3 is 5.97 Å². The average Bonchev–Trinajstić information content (AvgIpc) is 2.60. The highest BCUT2D eigenvalue weighted by Gasteiger charge is 2.13. The quantitative estimate of drug-likeness (QED) is 0.732. The van der Waals surface area contributed by atoms with Crippen LogP contribution in [0.3, 0.4) is 0 Å². The van der Waals surface area contributed by atoms with E-state index in [9.17, 15) is 14.4 Å². The Morgan fingerprint density at radius 1 is 1.15 bits per heavy atom. The van der Waals surface area contributed by atoms with Crippen molar-refractivity contribution in [3.8, 4) is 0 Å². The maximum Gasteiger partial charge on any atom is 0.325 e. The Morgan fingerprint density at radius 2 is 1.92 bits per heavy atom. The maximum absolute atomic E-state index is 11.8. The molecule has 26 heavy (non-hydrogen) atoms. The second-order valence-electron chi connectivity index (χ2n) is 5.23. The summed E-state index contributed by atoms with van der Waals surface area (Å²) in [5.74, 6) is -1.90. The predicted octanol–water partition coefficient (Wildman–Crippen LogP) is 2.61. The molecule has 2 amide bonds. The molecule has 2 N–H and O–H groups in total. The lowest BCUT2D eigenvalue weighted by Crippen LogP contribution is -2.32. The zero-order valence-electron chi connectivity index (χ0n) is 13.7. The molecular formula is C17H15Cl2N3O4. The number of anilines is 1. The van der Waals surface area contributed by atoms with Gasteiger partial charge in [0.05, 0.1) is 10.7 Å². The number of nitrogens with zero attached hydrogens (tertiary/aromatic N) is 1. The molecule has 0 unspecified atom stereocenters. The Kier molecular flexibility index (Phi) is 6.94. The zero-order chi connectivity index (χ0) is 19.1. The molecule has 2 rings (SSSR count). The van der Waals surface area contributed by atoms with Crippen LogP contribution in [0.25, 0.3) is 0 Å². The van der Waals surface area contributed by atoms with Gasteiger partial charge in [-0.3, -0.25) is 19.4 Å². The number of esters is 1. The SMILES string of the molecule is Cc1ccc(NC(=O)COC(=O)CNC(=O)c2cc(Cl)ccn2)c(Cl)c1. The van der Waals surface area contributed by atoms with Crippen molar-refractivity contribution in [1.29, 1.82) is 0 Å². The van der Waals surface area contributed by atoms with E-state index in [1.807, 2.05) is 6.92 Å². The minimum absolute atomic E-state index is 0.0667. The van der Waals surface area contributed by atoms with Crippen molar-refractivity contribution >= 4 is 46.7 Å². The van der Waals surface area contributed by atoms with Crippen molar-refractivity contribution in [2.45, 2.75) is 6.92 Å². The summed E-state index contributed by atoms with van der Waals surface area (Å²) in [7, 11) is 0. The number of carbonyl (C=O) groups excluding carboxylic acids is 3. The van der Waals surface area contributed by atoms with E-state index in [-0.39, 0.29) is 5.69 Å². The molecule has 0 bridgehead atoms. The monoisotopic (exact) mass is 395 g/mol. The van der Waals surface area contributed by atoms with Gasteiger partial charge in [0.25, 0.3) is 11.8 Å². The number of ether oxygens (including phenoxy) is 1. The van der Waals surface area contributed by atoms with Crippen LogP contribution in [0.4, 0.5) is 5.69 Å². The maximum atomic E-state index is 11.8. The molecule has 1 heterocycles. The molecule has 0 fully saturated rings. The normalized spacial score (nSPS) is 10.1. The van der Waals surface area contributed by atoms with E-state index in [4.69, 9.17) is 27.9 Å². The fourth-order valence-electron chi connectivity index (χ4n) is 1.88. The molecule has 0 aliphatic heterocycles. The number of carbonyl (C=O) groups is 3. The Hall–Kier alpha value is -2.64. The van der Waals surface area contributed by atoms with E-state index in [1.165, 1.54) is 18.3 Å². The van der Waals surface area contributed by atoms with Crippen LogP contribution >= 0.6 is 23.2 Å². The van der Waals surface area contributed by atoms with E-state index >= 15 is 0 Å². The number of pyridine rings is 1. The number of nitrogens with one attached hydrogen (secondary N) is 2. The fraction of sp³-hybridized carbons (Fsp3) is 0.176. The number of aromatic nitrogens is 1. The minimum atomic E-state index is -0.773. The first-order valence-electron chi connectivity index (χ1n) is 7.46. The van der Waals surface area contributed by atoms with Gasteiger partial charge in [-0.15, -0.1) is 0 Å². The molecule has 0 spiro atoms. The fourth-order valence-corrected chi connectivity index (χ4v) is 2.32. The van der Waals surface area contributed by atoms with Gasteiger partial charge < -0.3 is 15.4 Å². The lowest BCUT2D eigenvalue weighted by molar-refractivity contribution is -0.146. The highest BCUT2D eigenvalue weighted by molar-refractivity contribution is 6.33. The van der Waals surface area contributed by atoms with Crippen molar-refractivity contribution in [2.75, 3.05) is 18.5 Å². The Morgan fingerprint density at radius 3 is 2.62 bits per heavy atom. The highest BCUT2D eigenvalue weighted by atomic mass is 35.5. The Balaban J connectivity index is 1.76. The number of amides is 2. The van der Waals surface area contributed by atoms with Gasteiger partial charge in [-0.25, -0.2) is 0 Å². The lowest BCUT2D eigenvalue weighted by atomic mass is 10.2. The number of hydrogen-bond donors (Lipinski definition) is 2. The largest absolute Gasteiger partial charge is 0.454 e. The summed E-state index contributed by atoms with van der Waals surface area (Å²) in [6.45, 7) is 0.951. The van der Waals surface area contributed by atoms with Crippen LogP contribution in [0.2, 0.25) is 10.0 Å². The van der Waals surface area contributed by atoms with E-state index < -0.39 is 30.9 Å². The molecule has 1 aromatic carbocycles. The van der Waals surface area contributed by atoms with Crippen molar-refractivity contribution in [1.82, 2.24) is 10.3 Å². The van der Waals surface area contributed by atoms with Gasteiger partial charge in [0.2, 0.25) is 0 Å². The summed E-state index contributed by atoms with van der Waals surface area (Å²) < 4.78 is 4.79. The second-order valence-corrected chi connectivity index (χ2v) is 6.08. The summed E-state index contributed by atoms with van der Waals surface area (Å²) in [6.07, 6.45) is 1.37. The minimum Gasteiger partial charge on any atom is -0.454 e. The number of hydrogen-bond acceptors (Lipinski definition) is 5. The standard InChI is InChI=1S/C17H15Cl2N3O4/c1-10-2-3-13(12(19)6-10)22-15(23)9-26-16(24)8-21-17(25)14-7-11(18)4-5-20-14/h2-7H,8-9H2,1H3,(H,21,25)(H,22,23). The van der Waals surface area contributed by atoms with Crippen LogP contribution in [-0.2, 0) is 14.3 Å². The van der Waals surface area contributed by atoms with Crippen molar-refractivity contribution in [3.63, 3.8) is 0 Å². The van der Waals surface area contributed by atoms with E-state index in [0.717, 1.165) is 5.56 Å². The van der Waals surface area contributed by atoms with Crippen LogP contribution in [0.15, 0.2) is 36.5 Å². The van der Waals surface area contributed by atoms with Gasteiger partial charge in [-0.1, -0.05) is 29.3 Å². The molecule has 136 valence electrons. The van der Waals surface area contributed by atoms with Gasteiger partial charge in [0.1, 0.15) is 12.2 Å². The molecular weight excluding hydrogens is 381 g/mol. The van der Waals surface area contributed by atoms with Gasteiger partial charge in [-0.05, 0) is 36.8 Å². The first kappa shape index (κ1) is 19.7. The summed E-state index contributed by atoms with van der Waals surface area (Å²) in [4.78, 5) is 39.1. The molecule has 1 aromatic heterocycles. The third-order valence-corrected chi connectivity index (χ3v) is 3.66.